The summed E-state index contributed by atoms with van der Waals surface area (Å²) in [5, 5.41) is 9.65. The summed E-state index contributed by atoms with van der Waals surface area (Å²) in [4.78, 5) is 0. The van der Waals surface area contributed by atoms with Gasteiger partial charge in [-0.3, -0.25) is 0 Å². The monoisotopic (exact) mass is 432 g/mol. The van der Waals surface area contributed by atoms with Crippen LogP contribution in [0.2, 0.25) is 0 Å². The molecule has 1 aliphatic rings. The summed E-state index contributed by atoms with van der Waals surface area (Å²) in [6, 6.07) is 22.2. The van der Waals surface area contributed by atoms with Crippen molar-refractivity contribution < 1.29 is 23.9 Å². The molecule has 1 unspecified atom stereocenters. The van der Waals surface area contributed by atoms with Gasteiger partial charge in [-0.25, -0.2) is 0 Å². The maximum atomic E-state index is 9.65. The van der Waals surface area contributed by atoms with Crippen molar-refractivity contribution in [3.63, 3.8) is 0 Å². The lowest BCUT2D eigenvalue weighted by Gasteiger charge is -2.32. The van der Waals surface area contributed by atoms with E-state index >= 15 is 0 Å². The molecule has 32 heavy (non-hydrogen) atoms. The van der Waals surface area contributed by atoms with Crippen molar-refractivity contribution in [2.24, 2.45) is 0 Å². The third kappa shape index (κ3) is 4.77. The Morgan fingerprint density at radius 3 is 1.69 bits per heavy atom. The highest BCUT2D eigenvalue weighted by Gasteiger charge is 2.51. The maximum absolute atomic E-state index is 9.65. The van der Waals surface area contributed by atoms with Gasteiger partial charge in [0.1, 0.15) is 17.2 Å². The SMILES string of the molecule is Cc1ccc(OC(Oc2ccc(B3OC(C)(C)C(C)(C)O3)cc2)c2ccc(O)cc2)cc1. The minimum atomic E-state index is -0.680. The number of rotatable bonds is 6. The molecule has 3 aromatic carbocycles. The van der Waals surface area contributed by atoms with E-state index in [-0.39, 0.29) is 5.75 Å². The second kappa shape index (κ2) is 8.53. The fourth-order valence-electron chi connectivity index (χ4n) is 3.34. The molecule has 0 bridgehead atoms. The van der Waals surface area contributed by atoms with Gasteiger partial charge in [-0.05, 0) is 88.6 Å². The highest BCUT2D eigenvalue weighted by Crippen LogP contribution is 2.36. The van der Waals surface area contributed by atoms with E-state index in [2.05, 4.69) is 0 Å². The zero-order chi connectivity index (χ0) is 22.9. The molecule has 1 fully saturated rings. The second-order valence-electron chi connectivity index (χ2n) is 9.13. The van der Waals surface area contributed by atoms with Crippen molar-refractivity contribution in [2.45, 2.75) is 52.1 Å². The summed E-state index contributed by atoms with van der Waals surface area (Å²) in [6.07, 6.45) is -0.680. The van der Waals surface area contributed by atoms with Crippen molar-refractivity contribution in [2.75, 3.05) is 0 Å². The first-order valence-electron chi connectivity index (χ1n) is 10.8. The summed E-state index contributed by atoms with van der Waals surface area (Å²) >= 11 is 0. The Balaban J connectivity index is 1.53. The Kier molecular flexibility index (Phi) is 5.93. The molecule has 0 aromatic heterocycles. The Morgan fingerprint density at radius 2 is 1.19 bits per heavy atom. The normalized spacial score (nSPS) is 17.7. The van der Waals surface area contributed by atoms with Gasteiger partial charge >= 0.3 is 7.12 Å². The third-order valence-electron chi connectivity index (χ3n) is 6.08. The van der Waals surface area contributed by atoms with Crippen LogP contribution < -0.4 is 14.9 Å². The van der Waals surface area contributed by atoms with Crippen molar-refractivity contribution in [1.82, 2.24) is 0 Å². The van der Waals surface area contributed by atoms with E-state index in [4.69, 9.17) is 18.8 Å². The molecule has 0 saturated carbocycles. The number of hydrogen-bond donors (Lipinski definition) is 1. The number of benzene rings is 3. The minimum absolute atomic E-state index is 0.189. The predicted octanol–water partition coefficient (Wildman–Crippen LogP) is 5.16. The molecule has 0 amide bonds. The number of phenolic OH excluding ortho intramolecular Hbond substituents is 1. The van der Waals surface area contributed by atoms with E-state index in [9.17, 15) is 5.11 Å². The average molecular weight is 432 g/mol. The van der Waals surface area contributed by atoms with Crippen molar-refractivity contribution >= 4 is 12.6 Å². The molecule has 4 rings (SSSR count). The van der Waals surface area contributed by atoms with Crippen LogP contribution in [0.4, 0.5) is 0 Å². The van der Waals surface area contributed by atoms with Gasteiger partial charge in [-0.2, -0.15) is 0 Å². The van der Waals surface area contributed by atoms with E-state index in [0.29, 0.717) is 11.5 Å². The number of aryl methyl sites for hydroxylation is 1. The van der Waals surface area contributed by atoms with Crippen LogP contribution in [0, 0.1) is 6.92 Å². The van der Waals surface area contributed by atoms with Gasteiger partial charge in [-0.1, -0.05) is 29.8 Å². The highest BCUT2D eigenvalue weighted by molar-refractivity contribution is 6.62. The van der Waals surface area contributed by atoms with Gasteiger partial charge in [0.25, 0.3) is 6.29 Å². The smallest absolute Gasteiger partial charge is 0.494 e. The first kappa shape index (κ1) is 22.2. The largest absolute Gasteiger partial charge is 0.508 e. The summed E-state index contributed by atoms with van der Waals surface area (Å²) in [7, 11) is -0.425. The first-order valence-corrected chi connectivity index (χ1v) is 10.8. The molecule has 0 spiro atoms. The minimum Gasteiger partial charge on any atom is -0.508 e. The van der Waals surface area contributed by atoms with Crippen LogP contribution in [-0.4, -0.2) is 23.4 Å². The van der Waals surface area contributed by atoms with Gasteiger partial charge < -0.3 is 23.9 Å². The van der Waals surface area contributed by atoms with Gasteiger partial charge in [0.15, 0.2) is 0 Å². The molecule has 0 aliphatic carbocycles. The molecule has 3 aromatic rings. The molecule has 6 heteroatoms. The Bertz CT molecular complexity index is 1030. The predicted molar refractivity (Wildman–Crippen MR) is 125 cm³/mol. The maximum Gasteiger partial charge on any atom is 0.494 e. The van der Waals surface area contributed by atoms with E-state index < -0.39 is 24.6 Å². The zero-order valence-electron chi connectivity index (χ0n) is 19.2. The molecular formula is C26H29BO5. The van der Waals surface area contributed by atoms with Gasteiger partial charge in [0, 0.05) is 5.56 Å². The Morgan fingerprint density at radius 1 is 0.719 bits per heavy atom. The van der Waals surface area contributed by atoms with E-state index in [1.54, 1.807) is 24.3 Å². The zero-order valence-corrected chi connectivity index (χ0v) is 19.2. The molecule has 1 heterocycles. The topological polar surface area (TPSA) is 57.2 Å². The first-order chi connectivity index (χ1) is 15.1. The molecule has 5 nitrogen and oxygen atoms in total. The van der Waals surface area contributed by atoms with Crippen LogP contribution in [-0.2, 0) is 9.31 Å². The van der Waals surface area contributed by atoms with Crippen LogP contribution in [0.3, 0.4) is 0 Å². The van der Waals surface area contributed by atoms with Crippen LogP contribution in [0.5, 0.6) is 17.2 Å². The van der Waals surface area contributed by atoms with Gasteiger partial charge in [-0.15, -0.1) is 0 Å². The van der Waals surface area contributed by atoms with Crippen molar-refractivity contribution in [3.8, 4) is 17.2 Å². The lowest BCUT2D eigenvalue weighted by atomic mass is 9.79. The molecule has 1 N–H and O–H groups in total. The highest BCUT2D eigenvalue weighted by atomic mass is 16.7. The molecule has 1 atom stereocenters. The third-order valence-corrected chi connectivity index (χ3v) is 6.08. The Hall–Kier alpha value is -2.96. The summed E-state index contributed by atoms with van der Waals surface area (Å²) in [6.45, 7) is 10.2. The summed E-state index contributed by atoms with van der Waals surface area (Å²) in [5.41, 5.74) is 2.09. The second-order valence-corrected chi connectivity index (χ2v) is 9.13. The Labute approximate surface area is 190 Å². The van der Waals surface area contributed by atoms with Gasteiger partial charge in [0.2, 0.25) is 0 Å². The lowest BCUT2D eigenvalue weighted by molar-refractivity contribution is 0.00380. The van der Waals surface area contributed by atoms with Crippen molar-refractivity contribution in [3.05, 3.63) is 83.9 Å². The van der Waals surface area contributed by atoms with Crippen LogP contribution in [0.15, 0.2) is 72.8 Å². The fourth-order valence-corrected chi connectivity index (χ4v) is 3.34. The quantitative estimate of drug-likeness (QED) is 0.431. The van der Waals surface area contributed by atoms with Crippen molar-refractivity contribution in [1.29, 1.82) is 0 Å². The molecular weight excluding hydrogens is 403 g/mol. The lowest BCUT2D eigenvalue weighted by Crippen LogP contribution is -2.41. The average Bonchev–Trinajstić information content (AvgIpc) is 2.97. The fraction of sp³-hybridized carbons (Fsp3) is 0.308. The van der Waals surface area contributed by atoms with Gasteiger partial charge in [0.05, 0.1) is 11.2 Å². The molecule has 1 saturated heterocycles. The number of ether oxygens (including phenoxy) is 2. The molecule has 1 aliphatic heterocycles. The molecule has 0 radical (unpaired) electrons. The summed E-state index contributed by atoms with van der Waals surface area (Å²) < 4.78 is 24.6. The standard InChI is InChI=1S/C26H29BO5/c1-18-6-14-22(15-7-18)29-24(19-8-12-21(28)13-9-19)30-23-16-10-20(11-17-23)27-31-25(2,3)26(4,5)32-27/h6-17,24,28H,1-5H3. The van der Waals surface area contributed by atoms with Crippen LogP contribution in [0.1, 0.15) is 45.1 Å². The van der Waals surface area contributed by atoms with E-state index in [1.807, 2.05) is 83.1 Å². The number of aromatic hydroxyl groups is 1. The van der Waals surface area contributed by atoms with E-state index in [0.717, 1.165) is 16.6 Å². The van der Waals surface area contributed by atoms with Crippen LogP contribution in [0.25, 0.3) is 0 Å². The van der Waals surface area contributed by atoms with E-state index in [1.165, 1.54) is 0 Å². The van der Waals surface area contributed by atoms with Crippen LogP contribution >= 0.6 is 0 Å². The molecule has 166 valence electrons. The number of phenols is 1. The number of hydrogen-bond acceptors (Lipinski definition) is 5. The summed E-state index contributed by atoms with van der Waals surface area (Å²) in [5.74, 6) is 1.53.